The normalized spacial score (nSPS) is 11.0. The van der Waals surface area contributed by atoms with Gasteiger partial charge in [-0.15, -0.1) is 0 Å². The molecule has 0 spiro atoms. The predicted octanol–water partition coefficient (Wildman–Crippen LogP) is 4.43. The van der Waals surface area contributed by atoms with Crippen molar-refractivity contribution in [2.24, 2.45) is 0 Å². The molecule has 0 atom stereocenters. The standard InChI is InChI=1S/C20H23BrN2O3/c1-5-26-15-10-8-9-14(13-15)19(25)23(20(2,3)4)22-18(24)16-11-6-7-12-17(16)21/h6-13H,5H2,1-4H3,(H,22,24). The molecule has 0 unspecified atom stereocenters. The van der Waals surface area contributed by atoms with Crippen LogP contribution in [0.5, 0.6) is 5.75 Å². The molecule has 26 heavy (non-hydrogen) atoms. The summed E-state index contributed by atoms with van der Waals surface area (Å²) in [5.41, 5.74) is 3.02. The van der Waals surface area contributed by atoms with Crippen LogP contribution >= 0.6 is 15.9 Å². The van der Waals surface area contributed by atoms with Gasteiger partial charge in [-0.05, 0) is 74.0 Å². The lowest BCUT2D eigenvalue weighted by molar-refractivity contribution is 0.0358. The number of amides is 2. The smallest absolute Gasteiger partial charge is 0.272 e. The molecular weight excluding hydrogens is 396 g/mol. The topological polar surface area (TPSA) is 58.6 Å². The fraction of sp³-hybridized carbons (Fsp3) is 0.300. The molecule has 5 nitrogen and oxygen atoms in total. The molecule has 1 N–H and O–H groups in total. The van der Waals surface area contributed by atoms with Crippen LogP contribution in [0, 0.1) is 0 Å². The Morgan fingerprint density at radius 2 is 1.81 bits per heavy atom. The van der Waals surface area contributed by atoms with Gasteiger partial charge in [-0.2, -0.15) is 0 Å². The Labute approximate surface area is 162 Å². The molecule has 2 rings (SSSR count). The summed E-state index contributed by atoms with van der Waals surface area (Å²) in [6, 6.07) is 14.0. The quantitative estimate of drug-likeness (QED) is 0.746. The molecule has 0 fully saturated rings. The van der Waals surface area contributed by atoms with Crippen molar-refractivity contribution in [1.82, 2.24) is 10.4 Å². The Bertz CT molecular complexity index is 800. The van der Waals surface area contributed by atoms with Crippen LogP contribution in [-0.2, 0) is 0 Å². The molecule has 0 saturated carbocycles. The Hall–Kier alpha value is -2.34. The molecule has 138 valence electrons. The lowest BCUT2D eigenvalue weighted by Gasteiger charge is -2.35. The van der Waals surface area contributed by atoms with Gasteiger partial charge in [-0.3, -0.25) is 15.0 Å². The summed E-state index contributed by atoms with van der Waals surface area (Å²) in [7, 11) is 0. The maximum atomic E-state index is 13.0. The van der Waals surface area contributed by atoms with Gasteiger partial charge in [-0.1, -0.05) is 18.2 Å². The van der Waals surface area contributed by atoms with Gasteiger partial charge in [-0.25, -0.2) is 5.01 Å². The Kier molecular flexibility index (Phi) is 6.42. The first-order valence-corrected chi connectivity index (χ1v) is 9.16. The molecule has 0 bridgehead atoms. The molecule has 0 aliphatic rings. The van der Waals surface area contributed by atoms with Crippen molar-refractivity contribution in [2.75, 3.05) is 6.61 Å². The third-order valence-corrected chi connectivity index (χ3v) is 4.29. The highest BCUT2D eigenvalue weighted by Crippen LogP contribution is 2.21. The number of ether oxygens (including phenoxy) is 1. The van der Waals surface area contributed by atoms with Crippen LogP contribution in [0.3, 0.4) is 0 Å². The Morgan fingerprint density at radius 3 is 2.42 bits per heavy atom. The molecule has 0 aromatic heterocycles. The van der Waals surface area contributed by atoms with Crippen molar-refractivity contribution in [3.63, 3.8) is 0 Å². The fourth-order valence-electron chi connectivity index (χ4n) is 2.34. The van der Waals surface area contributed by atoms with E-state index < -0.39 is 5.54 Å². The lowest BCUT2D eigenvalue weighted by atomic mass is 10.1. The summed E-state index contributed by atoms with van der Waals surface area (Å²) < 4.78 is 6.13. The van der Waals surface area contributed by atoms with Gasteiger partial charge in [0.15, 0.2) is 0 Å². The van der Waals surface area contributed by atoms with E-state index in [1.165, 1.54) is 5.01 Å². The summed E-state index contributed by atoms with van der Waals surface area (Å²) in [4.78, 5) is 25.7. The van der Waals surface area contributed by atoms with Crippen molar-refractivity contribution in [3.05, 3.63) is 64.1 Å². The largest absolute Gasteiger partial charge is 0.494 e. The van der Waals surface area contributed by atoms with E-state index in [1.54, 1.807) is 42.5 Å². The summed E-state index contributed by atoms with van der Waals surface area (Å²) in [6.45, 7) is 7.97. The number of carbonyl (C=O) groups is 2. The maximum Gasteiger partial charge on any atom is 0.272 e. The molecule has 0 aliphatic carbocycles. The van der Waals surface area contributed by atoms with E-state index in [9.17, 15) is 9.59 Å². The third-order valence-electron chi connectivity index (χ3n) is 3.60. The number of halogens is 1. The molecule has 2 aromatic rings. The average Bonchev–Trinajstić information content (AvgIpc) is 2.59. The zero-order chi connectivity index (χ0) is 19.3. The van der Waals surface area contributed by atoms with Gasteiger partial charge in [0.05, 0.1) is 17.7 Å². The first-order valence-electron chi connectivity index (χ1n) is 8.37. The van der Waals surface area contributed by atoms with E-state index in [-0.39, 0.29) is 11.8 Å². The molecule has 0 heterocycles. The SMILES string of the molecule is CCOc1cccc(C(=O)N(NC(=O)c2ccccc2Br)C(C)(C)C)c1. The van der Waals surface area contributed by atoms with Crippen molar-refractivity contribution >= 4 is 27.7 Å². The Morgan fingerprint density at radius 1 is 1.12 bits per heavy atom. The highest BCUT2D eigenvalue weighted by atomic mass is 79.9. The number of rotatable bonds is 4. The summed E-state index contributed by atoms with van der Waals surface area (Å²) in [6.07, 6.45) is 0. The van der Waals surface area contributed by atoms with Crippen LogP contribution in [0.4, 0.5) is 0 Å². The zero-order valence-corrected chi connectivity index (χ0v) is 17.0. The van der Waals surface area contributed by atoms with Crippen molar-refractivity contribution < 1.29 is 14.3 Å². The molecule has 0 radical (unpaired) electrons. The fourth-order valence-corrected chi connectivity index (χ4v) is 2.81. The second-order valence-electron chi connectivity index (χ2n) is 6.69. The monoisotopic (exact) mass is 418 g/mol. The average molecular weight is 419 g/mol. The molecular formula is C20H23BrN2O3. The van der Waals surface area contributed by atoms with Crippen LogP contribution in [0.1, 0.15) is 48.4 Å². The molecule has 2 aromatic carbocycles. The minimum absolute atomic E-state index is 0.306. The van der Waals surface area contributed by atoms with Gasteiger partial charge in [0, 0.05) is 10.0 Å². The number of carbonyl (C=O) groups excluding carboxylic acids is 2. The first kappa shape index (κ1) is 20.0. The number of nitrogens with one attached hydrogen (secondary N) is 1. The number of hydrazine groups is 1. The maximum absolute atomic E-state index is 13.0. The first-order chi connectivity index (χ1) is 12.2. The van der Waals surface area contributed by atoms with Crippen molar-refractivity contribution in [1.29, 1.82) is 0 Å². The molecule has 0 aliphatic heterocycles. The second kappa shape index (κ2) is 8.36. The molecule has 6 heteroatoms. The second-order valence-corrected chi connectivity index (χ2v) is 7.55. The van der Waals surface area contributed by atoms with Crippen LogP contribution < -0.4 is 10.2 Å². The predicted molar refractivity (Wildman–Crippen MR) is 105 cm³/mol. The van der Waals surface area contributed by atoms with Crippen LogP contribution in [0.15, 0.2) is 53.0 Å². The Balaban J connectivity index is 2.30. The van der Waals surface area contributed by atoms with E-state index >= 15 is 0 Å². The van der Waals surface area contributed by atoms with E-state index in [2.05, 4.69) is 21.4 Å². The van der Waals surface area contributed by atoms with Crippen molar-refractivity contribution in [2.45, 2.75) is 33.2 Å². The summed E-state index contributed by atoms with van der Waals surface area (Å²) >= 11 is 3.37. The van der Waals surface area contributed by atoms with E-state index in [0.717, 1.165) is 0 Å². The van der Waals surface area contributed by atoms with E-state index in [0.29, 0.717) is 28.0 Å². The minimum Gasteiger partial charge on any atom is -0.494 e. The number of benzene rings is 2. The number of hydrogen-bond donors (Lipinski definition) is 1. The van der Waals surface area contributed by atoms with Gasteiger partial charge in [0.2, 0.25) is 0 Å². The third kappa shape index (κ3) is 4.85. The molecule has 2 amide bonds. The molecule has 0 saturated heterocycles. The van der Waals surface area contributed by atoms with Gasteiger partial charge in [0.25, 0.3) is 11.8 Å². The summed E-state index contributed by atoms with van der Waals surface area (Å²) in [5, 5.41) is 1.35. The van der Waals surface area contributed by atoms with Crippen LogP contribution in [-0.4, -0.2) is 29.0 Å². The van der Waals surface area contributed by atoms with Crippen LogP contribution in [0.2, 0.25) is 0 Å². The lowest BCUT2D eigenvalue weighted by Crippen LogP contribution is -2.55. The number of hydrogen-bond acceptors (Lipinski definition) is 3. The highest BCUT2D eigenvalue weighted by Gasteiger charge is 2.30. The zero-order valence-electron chi connectivity index (χ0n) is 15.4. The van der Waals surface area contributed by atoms with E-state index in [4.69, 9.17) is 4.74 Å². The summed E-state index contributed by atoms with van der Waals surface area (Å²) in [5.74, 6) is -0.0505. The minimum atomic E-state index is -0.615. The van der Waals surface area contributed by atoms with Gasteiger partial charge in [0.1, 0.15) is 5.75 Å². The highest BCUT2D eigenvalue weighted by molar-refractivity contribution is 9.10. The van der Waals surface area contributed by atoms with Crippen LogP contribution in [0.25, 0.3) is 0 Å². The van der Waals surface area contributed by atoms with Gasteiger partial charge < -0.3 is 4.74 Å². The van der Waals surface area contributed by atoms with Crippen molar-refractivity contribution in [3.8, 4) is 5.75 Å². The van der Waals surface area contributed by atoms with E-state index in [1.807, 2.05) is 33.8 Å². The number of nitrogens with zero attached hydrogens (tertiary/aromatic N) is 1. The van der Waals surface area contributed by atoms with Gasteiger partial charge >= 0.3 is 0 Å².